The maximum Gasteiger partial charge on any atom is 0.408 e. The van der Waals surface area contributed by atoms with E-state index in [0.717, 1.165) is 5.56 Å². The highest BCUT2D eigenvalue weighted by molar-refractivity contribution is 5.89. The molecule has 0 bridgehead atoms. The van der Waals surface area contributed by atoms with Crippen molar-refractivity contribution in [3.8, 4) is 0 Å². The lowest BCUT2D eigenvalue weighted by atomic mass is 10.1. The smallest absolute Gasteiger partial charge is 0.326 e. The number of hydrogen-bond donors (Lipinski definition) is 3. The molecule has 1 aromatic heterocycles. The number of rotatable bonds is 5. The second-order valence-corrected chi connectivity index (χ2v) is 5.66. The van der Waals surface area contributed by atoms with Gasteiger partial charge in [0.15, 0.2) is 5.82 Å². The van der Waals surface area contributed by atoms with Gasteiger partial charge in [-0.3, -0.25) is 0 Å². The van der Waals surface area contributed by atoms with Gasteiger partial charge in [0.05, 0.1) is 0 Å². The van der Waals surface area contributed by atoms with Gasteiger partial charge < -0.3 is 10.6 Å². The highest BCUT2D eigenvalue weighted by Gasteiger charge is 2.49. The average Bonchev–Trinajstić information content (AvgIpc) is 3.21. The Labute approximate surface area is 135 Å². The normalized spacial score (nSPS) is 15.8. The molecule has 0 aliphatic heterocycles. The SMILES string of the molecule is O=C(Nc1cccc(Cc2nn[nH]n2)c1)N[C@@H](C1CC1)C(F)(F)F. The first-order valence-corrected chi connectivity index (χ1v) is 7.37. The van der Waals surface area contributed by atoms with Crippen molar-refractivity contribution < 1.29 is 18.0 Å². The van der Waals surface area contributed by atoms with E-state index in [9.17, 15) is 18.0 Å². The maximum absolute atomic E-state index is 12.9. The van der Waals surface area contributed by atoms with Gasteiger partial charge in [0.1, 0.15) is 6.04 Å². The molecule has 3 rings (SSSR count). The molecular weight excluding hydrogens is 325 g/mol. The minimum Gasteiger partial charge on any atom is -0.326 e. The molecule has 1 aliphatic rings. The summed E-state index contributed by atoms with van der Waals surface area (Å²) in [5.41, 5.74) is 1.19. The predicted molar refractivity (Wildman–Crippen MR) is 78.1 cm³/mol. The van der Waals surface area contributed by atoms with Crippen molar-refractivity contribution in [1.82, 2.24) is 25.9 Å². The molecule has 0 spiro atoms. The van der Waals surface area contributed by atoms with Crippen LogP contribution in [0.3, 0.4) is 0 Å². The third-order valence-corrected chi connectivity index (χ3v) is 3.67. The molecule has 1 aromatic carbocycles. The molecule has 1 heterocycles. The molecule has 1 atom stereocenters. The van der Waals surface area contributed by atoms with E-state index in [1.165, 1.54) is 0 Å². The molecular formula is C14H15F3N6O. The van der Waals surface area contributed by atoms with Crippen LogP contribution in [0.4, 0.5) is 23.7 Å². The summed E-state index contributed by atoms with van der Waals surface area (Å²) >= 11 is 0. The first-order chi connectivity index (χ1) is 11.4. The molecule has 1 aliphatic carbocycles. The monoisotopic (exact) mass is 340 g/mol. The minimum absolute atomic E-state index is 0.390. The standard InChI is InChI=1S/C14H15F3N6O/c15-14(16,17)12(9-4-5-9)19-13(24)18-10-3-1-2-8(6-10)7-11-20-22-23-21-11/h1-3,6,9,12H,4-5,7H2,(H2,18,19,24)(H,20,21,22,23)/t12-/m0/s1. The fourth-order valence-corrected chi connectivity index (χ4v) is 2.40. The van der Waals surface area contributed by atoms with Gasteiger partial charge in [-0.2, -0.15) is 18.4 Å². The number of anilines is 1. The number of H-pyrrole nitrogens is 1. The Bertz CT molecular complexity index is 699. The molecule has 10 heteroatoms. The molecule has 0 radical (unpaired) electrons. The van der Waals surface area contributed by atoms with Crippen LogP contribution in [0.5, 0.6) is 0 Å². The second-order valence-electron chi connectivity index (χ2n) is 5.66. The second kappa shape index (κ2) is 6.46. The number of alkyl halides is 3. The van der Waals surface area contributed by atoms with Crippen molar-refractivity contribution in [2.45, 2.75) is 31.5 Å². The summed E-state index contributed by atoms with van der Waals surface area (Å²) < 4.78 is 38.8. The predicted octanol–water partition coefficient (Wildman–Crippen LogP) is 2.25. The largest absolute Gasteiger partial charge is 0.408 e. The Hall–Kier alpha value is -2.65. The van der Waals surface area contributed by atoms with Crippen LogP contribution in [0.2, 0.25) is 0 Å². The number of carbonyl (C=O) groups is 1. The number of carbonyl (C=O) groups excluding carboxylic acids is 1. The van der Waals surface area contributed by atoms with E-state index >= 15 is 0 Å². The zero-order chi connectivity index (χ0) is 17.2. The average molecular weight is 340 g/mol. The summed E-state index contributed by atoms with van der Waals surface area (Å²) in [7, 11) is 0. The maximum atomic E-state index is 12.9. The lowest BCUT2D eigenvalue weighted by molar-refractivity contribution is -0.157. The molecule has 0 unspecified atom stereocenters. The topological polar surface area (TPSA) is 95.6 Å². The minimum atomic E-state index is -4.45. The molecule has 7 nitrogen and oxygen atoms in total. The summed E-state index contributed by atoms with van der Waals surface area (Å²) in [5, 5.41) is 17.9. The van der Waals surface area contributed by atoms with E-state index in [-0.39, 0.29) is 0 Å². The molecule has 2 aromatic rings. The number of aromatic amines is 1. The van der Waals surface area contributed by atoms with E-state index in [2.05, 4.69) is 25.9 Å². The van der Waals surface area contributed by atoms with Crippen LogP contribution < -0.4 is 10.6 Å². The zero-order valence-corrected chi connectivity index (χ0v) is 12.5. The van der Waals surface area contributed by atoms with Crippen molar-refractivity contribution in [2.75, 3.05) is 5.32 Å². The third-order valence-electron chi connectivity index (χ3n) is 3.67. The van der Waals surface area contributed by atoms with Crippen LogP contribution in [-0.4, -0.2) is 38.9 Å². The van der Waals surface area contributed by atoms with E-state index < -0.39 is 24.2 Å². The van der Waals surface area contributed by atoms with Crippen molar-refractivity contribution >= 4 is 11.7 Å². The number of nitrogens with zero attached hydrogens (tertiary/aromatic N) is 3. The van der Waals surface area contributed by atoms with Crippen LogP contribution in [0.15, 0.2) is 24.3 Å². The number of amides is 2. The Kier molecular flexibility index (Phi) is 4.36. The lowest BCUT2D eigenvalue weighted by Crippen LogP contribution is -2.48. The summed E-state index contributed by atoms with van der Waals surface area (Å²) in [6.45, 7) is 0. The molecule has 0 saturated heterocycles. The number of halogens is 3. The quantitative estimate of drug-likeness (QED) is 0.778. The summed E-state index contributed by atoms with van der Waals surface area (Å²) in [5.74, 6) is -0.0530. The van der Waals surface area contributed by atoms with E-state index in [1.54, 1.807) is 24.3 Å². The highest BCUT2D eigenvalue weighted by atomic mass is 19.4. The van der Waals surface area contributed by atoms with Gasteiger partial charge in [0, 0.05) is 12.1 Å². The summed E-state index contributed by atoms with van der Waals surface area (Å²) in [6, 6.07) is 4.05. The highest BCUT2D eigenvalue weighted by Crippen LogP contribution is 2.40. The van der Waals surface area contributed by atoms with Gasteiger partial charge in [-0.05, 0) is 36.5 Å². The fourth-order valence-electron chi connectivity index (χ4n) is 2.40. The zero-order valence-electron chi connectivity index (χ0n) is 12.5. The Balaban J connectivity index is 1.61. The molecule has 128 valence electrons. The first kappa shape index (κ1) is 16.2. The van der Waals surface area contributed by atoms with Crippen LogP contribution in [0.25, 0.3) is 0 Å². The van der Waals surface area contributed by atoms with Gasteiger partial charge in [0.2, 0.25) is 0 Å². The number of aromatic nitrogens is 4. The van der Waals surface area contributed by atoms with Gasteiger partial charge in [-0.1, -0.05) is 17.3 Å². The van der Waals surface area contributed by atoms with Gasteiger partial charge in [-0.25, -0.2) is 4.79 Å². The van der Waals surface area contributed by atoms with E-state index in [1.807, 2.05) is 5.32 Å². The van der Waals surface area contributed by atoms with Crippen molar-refractivity contribution in [3.63, 3.8) is 0 Å². The van der Waals surface area contributed by atoms with Crippen molar-refractivity contribution in [1.29, 1.82) is 0 Å². The molecule has 1 saturated carbocycles. The number of hydrogen-bond acceptors (Lipinski definition) is 4. The Morgan fingerprint density at radius 1 is 1.38 bits per heavy atom. The molecule has 3 N–H and O–H groups in total. The number of tetrazole rings is 1. The van der Waals surface area contributed by atoms with E-state index in [4.69, 9.17) is 0 Å². The number of benzene rings is 1. The molecule has 1 fully saturated rings. The Morgan fingerprint density at radius 2 is 2.17 bits per heavy atom. The van der Waals surface area contributed by atoms with Crippen molar-refractivity contribution in [2.24, 2.45) is 5.92 Å². The van der Waals surface area contributed by atoms with Gasteiger partial charge in [-0.15, -0.1) is 10.2 Å². The summed E-state index contributed by atoms with van der Waals surface area (Å²) in [4.78, 5) is 11.9. The van der Waals surface area contributed by atoms with E-state index in [0.29, 0.717) is 30.8 Å². The van der Waals surface area contributed by atoms with Gasteiger partial charge >= 0.3 is 12.2 Å². The van der Waals surface area contributed by atoms with Crippen molar-refractivity contribution in [3.05, 3.63) is 35.7 Å². The number of nitrogens with one attached hydrogen (secondary N) is 3. The van der Waals surface area contributed by atoms with Crippen LogP contribution in [0, 0.1) is 5.92 Å². The van der Waals surface area contributed by atoms with Crippen LogP contribution in [-0.2, 0) is 6.42 Å². The first-order valence-electron chi connectivity index (χ1n) is 7.37. The number of urea groups is 1. The third kappa shape index (κ3) is 4.21. The van der Waals surface area contributed by atoms with Gasteiger partial charge in [0.25, 0.3) is 0 Å². The fraction of sp³-hybridized carbons (Fsp3) is 0.429. The molecule has 24 heavy (non-hydrogen) atoms. The van der Waals surface area contributed by atoms with Crippen LogP contribution in [0.1, 0.15) is 24.2 Å². The lowest BCUT2D eigenvalue weighted by Gasteiger charge is -2.21. The summed E-state index contributed by atoms with van der Waals surface area (Å²) in [6.07, 6.45) is -3.10. The van der Waals surface area contributed by atoms with Crippen LogP contribution >= 0.6 is 0 Å². The molecule has 2 amide bonds. The Morgan fingerprint density at radius 3 is 2.79 bits per heavy atom.